The predicted molar refractivity (Wildman–Crippen MR) is 71.0 cm³/mol. The minimum atomic E-state index is -3.66. The van der Waals surface area contributed by atoms with Crippen LogP contribution >= 0.6 is 0 Å². The molecule has 0 bridgehead atoms. The van der Waals surface area contributed by atoms with Gasteiger partial charge in [0, 0.05) is 19.7 Å². The van der Waals surface area contributed by atoms with Gasteiger partial charge in [-0.3, -0.25) is 0 Å². The van der Waals surface area contributed by atoms with E-state index in [2.05, 4.69) is 9.71 Å². The summed E-state index contributed by atoms with van der Waals surface area (Å²) in [7, 11) is -2.06. The van der Waals surface area contributed by atoms with Crippen LogP contribution in [0.5, 0.6) is 0 Å². The van der Waals surface area contributed by atoms with Crippen molar-refractivity contribution in [3.05, 3.63) is 6.33 Å². The van der Waals surface area contributed by atoms with Gasteiger partial charge in [0.2, 0.25) is 0 Å². The van der Waals surface area contributed by atoms with Gasteiger partial charge in [0.05, 0.1) is 11.9 Å². The monoisotopic (exact) mass is 288 g/mol. The largest absolute Gasteiger partial charge is 0.381 e. The van der Waals surface area contributed by atoms with Crippen LogP contribution < -0.4 is 10.5 Å². The number of aryl methyl sites for hydroxylation is 1. The summed E-state index contributed by atoms with van der Waals surface area (Å²) in [6, 6.07) is -0.150. The van der Waals surface area contributed by atoms with Crippen LogP contribution in [-0.2, 0) is 21.8 Å². The number of hydrogen-bond acceptors (Lipinski definition) is 5. The third kappa shape index (κ3) is 3.07. The molecule has 0 aromatic carbocycles. The lowest BCUT2D eigenvalue weighted by atomic mass is 9.95. The molecule has 0 radical (unpaired) electrons. The van der Waals surface area contributed by atoms with E-state index in [4.69, 9.17) is 10.5 Å². The Bertz CT molecular complexity index is 545. The Labute approximate surface area is 113 Å². The Morgan fingerprint density at radius 3 is 2.79 bits per heavy atom. The van der Waals surface area contributed by atoms with Gasteiger partial charge in [0.15, 0.2) is 10.8 Å². The van der Waals surface area contributed by atoms with Gasteiger partial charge in [-0.1, -0.05) is 0 Å². The van der Waals surface area contributed by atoms with E-state index >= 15 is 0 Å². The average molecular weight is 288 g/mol. The van der Waals surface area contributed by atoms with E-state index < -0.39 is 10.0 Å². The molecular weight excluding hydrogens is 268 g/mol. The van der Waals surface area contributed by atoms with Gasteiger partial charge >= 0.3 is 0 Å². The molecule has 108 valence electrons. The maximum Gasteiger partial charge on any atom is 0.260 e. The maximum absolute atomic E-state index is 12.3. The average Bonchev–Trinajstić information content (AvgIpc) is 2.56. The number of nitrogen functional groups attached to an aromatic ring is 1. The standard InChI is InChI=1S/C11H20N4O3S/c1-11(2)6-8(4-5-18-11)14-19(16,17)10-9(12)13-7-15(10)3/h7-8,14H,4-6,12H2,1-3H3. The molecular formula is C11H20N4O3S. The fourth-order valence-corrected chi connectivity index (χ4v) is 3.88. The molecule has 1 aliphatic heterocycles. The summed E-state index contributed by atoms with van der Waals surface area (Å²) in [4.78, 5) is 3.80. The molecule has 8 heteroatoms. The number of imidazole rings is 1. The summed E-state index contributed by atoms with van der Waals surface area (Å²) in [5.41, 5.74) is 5.29. The molecule has 1 aromatic rings. The lowest BCUT2D eigenvalue weighted by molar-refractivity contribution is -0.0599. The normalized spacial score (nSPS) is 23.4. The Morgan fingerprint density at radius 1 is 1.58 bits per heavy atom. The highest BCUT2D eigenvalue weighted by molar-refractivity contribution is 7.89. The van der Waals surface area contributed by atoms with E-state index in [-0.39, 0.29) is 22.5 Å². The van der Waals surface area contributed by atoms with Crippen LogP contribution in [0.3, 0.4) is 0 Å². The Balaban J connectivity index is 2.18. The SMILES string of the molecule is Cn1cnc(N)c1S(=O)(=O)NC1CCOC(C)(C)C1. The van der Waals surface area contributed by atoms with Gasteiger partial charge in [0.25, 0.3) is 10.0 Å². The van der Waals surface area contributed by atoms with Crippen molar-refractivity contribution in [2.75, 3.05) is 12.3 Å². The van der Waals surface area contributed by atoms with Crippen LogP contribution in [0.15, 0.2) is 11.4 Å². The van der Waals surface area contributed by atoms with E-state index in [0.29, 0.717) is 19.4 Å². The summed E-state index contributed by atoms with van der Waals surface area (Å²) in [6.07, 6.45) is 2.67. The molecule has 2 rings (SSSR count). The van der Waals surface area contributed by atoms with Crippen LogP contribution in [0.25, 0.3) is 0 Å². The molecule has 3 N–H and O–H groups in total. The van der Waals surface area contributed by atoms with E-state index in [0.717, 1.165) is 0 Å². The van der Waals surface area contributed by atoms with Crippen molar-refractivity contribution in [3.8, 4) is 0 Å². The number of rotatable bonds is 3. The van der Waals surface area contributed by atoms with Gasteiger partial charge in [-0.15, -0.1) is 0 Å². The van der Waals surface area contributed by atoms with E-state index in [1.807, 2.05) is 13.8 Å². The third-order valence-electron chi connectivity index (χ3n) is 3.18. The molecule has 1 aliphatic rings. The summed E-state index contributed by atoms with van der Waals surface area (Å²) in [5, 5.41) is 0.0109. The Hall–Kier alpha value is -1.12. The second-order valence-electron chi connectivity index (χ2n) is 5.47. The van der Waals surface area contributed by atoms with Crippen LogP contribution in [0, 0.1) is 0 Å². The quantitative estimate of drug-likeness (QED) is 0.830. The lowest BCUT2D eigenvalue weighted by Gasteiger charge is -2.35. The minimum absolute atomic E-state index is 0.0109. The molecule has 0 aliphatic carbocycles. The summed E-state index contributed by atoms with van der Waals surface area (Å²) >= 11 is 0. The number of sulfonamides is 1. The first-order chi connectivity index (χ1) is 8.71. The number of nitrogens with one attached hydrogen (secondary N) is 1. The number of aromatic nitrogens is 2. The third-order valence-corrected chi connectivity index (χ3v) is 4.83. The second kappa shape index (κ2) is 4.77. The zero-order chi connectivity index (χ0) is 14.3. The first kappa shape index (κ1) is 14.3. The van der Waals surface area contributed by atoms with Crippen molar-refractivity contribution < 1.29 is 13.2 Å². The Morgan fingerprint density at radius 2 is 2.26 bits per heavy atom. The second-order valence-corrected chi connectivity index (χ2v) is 7.09. The van der Waals surface area contributed by atoms with Crippen molar-refractivity contribution in [2.24, 2.45) is 7.05 Å². The van der Waals surface area contributed by atoms with Gasteiger partial charge < -0.3 is 15.0 Å². The highest BCUT2D eigenvalue weighted by atomic mass is 32.2. The molecule has 1 atom stereocenters. The number of nitrogens with two attached hydrogens (primary N) is 1. The molecule has 1 fully saturated rings. The van der Waals surface area contributed by atoms with Crippen molar-refractivity contribution in [3.63, 3.8) is 0 Å². The molecule has 1 aromatic heterocycles. The lowest BCUT2D eigenvalue weighted by Crippen LogP contribution is -2.46. The molecule has 1 unspecified atom stereocenters. The summed E-state index contributed by atoms with van der Waals surface area (Å²) in [5.74, 6) is 0.0151. The summed E-state index contributed by atoms with van der Waals surface area (Å²) < 4.78 is 34.3. The van der Waals surface area contributed by atoms with Crippen LogP contribution in [0.4, 0.5) is 5.82 Å². The van der Waals surface area contributed by atoms with Crippen molar-refractivity contribution in [1.82, 2.24) is 14.3 Å². The molecule has 19 heavy (non-hydrogen) atoms. The maximum atomic E-state index is 12.3. The van der Waals surface area contributed by atoms with Crippen LogP contribution in [0.2, 0.25) is 0 Å². The van der Waals surface area contributed by atoms with Crippen LogP contribution in [-0.4, -0.2) is 36.2 Å². The molecule has 1 saturated heterocycles. The van der Waals surface area contributed by atoms with Crippen molar-refractivity contribution in [1.29, 1.82) is 0 Å². The number of ether oxygens (including phenoxy) is 1. The zero-order valence-corrected chi connectivity index (χ0v) is 12.2. The van der Waals surface area contributed by atoms with E-state index in [9.17, 15) is 8.42 Å². The minimum Gasteiger partial charge on any atom is -0.381 e. The highest BCUT2D eigenvalue weighted by Crippen LogP contribution is 2.25. The predicted octanol–water partition coefficient (Wildman–Crippen LogP) is 0.238. The van der Waals surface area contributed by atoms with Gasteiger partial charge in [0.1, 0.15) is 0 Å². The first-order valence-electron chi connectivity index (χ1n) is 6.14. The molecule has 2 heterocycles. The number of anilines is 1. The van der Waals surface area contributed by atoms with Crippen molar-refractivity contribution >= 4 is 15.8 Å². The fourth-order valence-electron chi connectivity index (χ4n) is 2.37. The van der Waals surface area contributed by atoms with Crippen LogP contribution in [0.1, 0.15) is 26.7 Å². The zero-order valence-electron chi connectivity index (χ0n) is 11.4. The Kier molecular flexibility index (Phi) is 3.59. The number of nitrogens with zero attached hydrogens (tertiary/aromatic N) is 2. The van der Waals surface area contributed by atoms with Gasteiger partial charge in [-0.05, 0) is 26.7 Å². The first-order valence-corrected chi connectivity index (χ1v) is 7.63. The van der Waals surface area contributed by atoms with E-state index in [1.54, 1.807) is 7.05 Å². The number of hydrogen-bond donors (Lipinski definition) is 2. The highest BCUT2D eigenvalue weighted by Gasteiger charge is 2.33. The fraction of sp³-hybridized carbons (Fsp3) is 0.727. The molecule has 7 nitrogen and oxygen atoms in total. The topological polar surface area (TPSA) is 99.2 Å². The molecule has 0 amide bonds. The molecule has 0 spiro atoms. The van der Waals surface area contributed by atoms with Crippen molar-refractivity contribution in [2.45, 2.75) is 43.4 Å². The van der Waals surface area contributed by atoms with Gasteiger partial charge in [-0.2, -0.15) is 0 Å². The summed E-state index contributed by atoms with van der Waals surface area (Å²) in [6.45, 7) is 4.44. The molecule has 0 saturated carbocycles. The smallest absolute Gasteiger partial charge is 0.260 e. The van der Waals surface area contributed by atoms with Gasteiger partial charge in [-0.25, -0.2) is 18.1 Å². The van der Waals surface area contributed by atoms with E-state index in [1.165, 1.54) is 10.9 Å².